The Hall–Kier alpha value is -0.790. The molecule has 2 aliphatic rings. The second-order valence-electron chi connectivity index (χ2n) is 4.24. The molecule has 2 fully saturated rings. The highest BCUT2D eigenvalue weighted by Gasteiger charge is 2.40. The first kappa shape index (κ1) is 8.79. The Labute approximate surface area is 79.0 Å². The number of allylic oxidation sites excluding steroid dienone is 1. The van der Waals surface area contributed by atoms with Crippen molar-refractivity contribution in [3.05, 3.63) is 12.2 Å². The second kappa shape index (κ2) is 3.17. The first-order valence-corrected chi connectivity index (χ1v) is 5.07. The summed E-state index contributed by atoms with van der Waals surface area (Å²) < 4.78 is 4.97. The van der Waals surface area contributed by atoms with Crippen molar-refractivity contribution >= 4 is 5.97 Å². The topological polar surface area (TPSA) is 26.3 Å². The van der Waals surface area contributed by atoms with Crippen molar-refractivity contribution in [3.8, 4) is 0 Å². The van der Waals surface area contributed by atoms with E-state index in [0.717, 1.165) is 19.3 Å². The lowest BCUT2D eigenvalue weighted by molar-refractivity contribution is -0.152. The molecular formula is C11H16O2. The van der Waals surface area contributed by atoms with Gasteiger partial charge in [-0.2, -0.15) is 0 Å². The first-order chi connectivity index (χ1) is 6.23. The molecule has 1 saturated heterocycles. The molecule has 13 heavy (non-hydrogen) atoms. The average molecular weight is 180 g/mol. The molecule has 2 heteroatoms. The molecule has 1 unspecified atom stereocenters. The van der Waals surface area contributed by atoms with E-state index in [4.69, 9.17) is 4.74 Å². The van der Waals surface area contributed by atoms with Gasteiger partial charge in [-0.1, -0.05) is 18.6 Å². The Bertz CT molecular complexity index is 240. The molecule has 0 amide bonds. The van der Waals surface area contributed by atoms with Crippen molar-refractivity contribution in [2.45, 2.75) is 38.5 Å². The minimum Gasteiger partial charge on any atom is -0.466 e. The summed E-state index contributed by atoms with van der Waals surface area (Å²) in [4.78, 5) is 11.2. The molecule has 2 nitrogen and oxygen atoms in total. The van der Waals surface area contributed by atoms with Gasteiger partial charge in [0.15, 0.2) is 0 Å². The highest BCUT2D eigenvalue weighted by Crippen LogP contribution is 2.47. The van der Waals surface area contributed by atoms with Gasteiger partial charge in [-0.3, -0.25) is 4.79 Å². The van der Waals surface area contributed by atoms with Crippen LogP contribution in [0.2, 0.25) is 0 Å². The van der Waals surface area contributed by atoms with E-state index in [0.29, 0.717) is 13.0 Å². The Kier molecular flexibility index (Phi) is 2.14. The maximum atomic E-state index is 11.2. The number of ether oxygens (including phenoxy) is 1. The fourth-order valence-corrected chi connectivity index (χ4v) is 2.53. The maximum absolute atomic E-state index is 11.2. The van der Waals surface area contributed by atoms with Gasteiger partial charge in [0, 0.05) is 5.41 Å². The summed E-state index contributed by atoms with van der Waals surface area (Å²) in [6.07, 6.45) is 6.31. The molecular weight excluding hydrogens is 164 g/mol. The molecule has 1 saturated carbocycles. The largest absolute Gasteiger partial charge is 0.466 e. The highest BCUT2D eigenvalue weighted by molar-refractivity contribution is 5.71. The predicted octanol–water partition coefficient (Wildman–Crippen LogP) is 2.44. The monoisotopic (exact) mass is 180 g/mol. The quantitative estimate of drug-likeness (QED) is 0.423. The number of carbonyl (C=O) groups is 1. The number of carbonyl (C=O) groups excluding carboxylic acids is 1. The second-order valence-corrected chi connectivity index (χ2v) is 4.24. The molecule has 1 atom stereocenters. The van der Waals surface area contributed by atoms with Crippen LogP contribution in [0.4, 0.5) is 0 Å². The number of esters is 1. The Morgan fingerprint density at radius 3 is 2.85 bits per heavy atom. The van der Waals surface area contributed by atoms with Crippen molar-refractivity contribution in [3.63, 3.8) is 0 Å². The van der Waals surface area contributed by atoms with Crippen molar-refractivity contribution in [1.29, 1.82) is 0 Å². The summed E-state index contributed by atoms with van der Waals surface area (Å²) in [5.74, 6) is -0.0331. The average Bonchev–Trinajstić information content (AvgIpc) is 2.11. The third kappa shape index (κ3) is 1.50. The third-order valence-electron chi connectivity index (χ3n) is 3.46. The zero-order valence-electron chi connectivity index (χ0n) is 7.97. The van der Waals surface area contributed by atoms with Gasteiger partial charge in [-0.25, -0.2) is 0 Å². The molecule has 1 aliphatic carbocycles. The summed E-state index contributed by atoms with van der Waals surface area (Å²) in [6, 6.07) is 0. The van der Waals surface area contributed by atoms with E-state index < -0.39 is 0 Å². The van der Waals surface area contributed by atoms with Crippen LogP contribution in [0.5, 0.6) is 0 Å². The van der Waals surface area contributed by atoms with Crippen LogP contribution >= 0.6 is 0 Å². The fraction of sp³-hybridized carbons (Fsp3) is 0.727. The summed E-state index contributed by atoms with van der Waals surface area (Å²) in [6.45, 7) is 4.71. The van der Waals surface area contributed by atoms with Gasteiger partial charge in [0.05, 0.1) is 13.0 Å². The molecule has 0 N–H and O–H groups in total. The molecule has 1 heterocycles. The van der Waals surface area contributed by atoms with Gasteiger partial charge in [0.1, 0.15) is 0 Å². The van der Waals surface area contributed by atoms with Crippen LogP contribution in [0, 0.1) is 5.41 Å². The number of hydrogen-bond acceptors (Lipinski definition) is 2. The normalized spacial score (nSPS) is 34.8. The van der Waals surface area contributed by atoms with Gasteiger partial charge in [-0.05, 0) is 25.7 Å². The van der Waals surface area contributed by atoms with Gasteiger partial charge in [-0.15, -0.1) is 0 Å². The van der Waals surface area contributed by atoms with Crippen LogP contribution in [0.3, 0.4) is 0 Å². The fourth-order valence-electron chi connectivity index (χ4n) is 2.53. The molecule has 0 aromatic heterocycles. The van der Waals surface area contributed by atoms with Crippen molar-refractivity contribution in [2.75, 3.05) is 6.61 Å². The maximum Gasteiger partial charge on any atom is 0.306 e. The lowest BCUT2D eigenvalue weighted by Crippen LogP contribution is -2.35. The zero-order chi connectivity index (χ0) is 9.31. The minimum atomic E-state index is -0.0331. The smallest absolute Gasteiger partial charge is 0.306 e. The lowest BCUT2D eigenvalue weighted by atomic mass is 9.66. The molecule has 0 aromatic rings. The van der Waals surface area contributed by atoms with Crippen molar-refractivity contribution in [2.24, 2.45) is 5.41 Å². The zero-order valence-corrected chi connectivity index (χ0v) is 7.97. The van der Waals surface area contributed by atoms with Crippen LogP contribution in [0.1, 0.15) is 38.5 Å². The van der Waals surface area contributed by atoms with E-state index in [1.807, 2.05) is 0 Å². The molecule has 2 rings (SSSR count). The minimum absolute atomic E-state index is 0.0331. The van der Waals surface area contributed by atoms with E-state index in [1.165, 1.54) is 18.4 Å². The van der Waals surface area contributed by atoms with Crippen LogP contribution in [0.15, 0.2) is 12.2 Å². The summed E-state index contributed by atoms with van der Waals surface area (Å²) in [5.41, 5.74) is 1.41. The Balaban J connectivity index is 2.16. The molecule has 1 spiro atoms. The van der Waals surface area contributed by atoms with Crippen molar-refractivity contribution in [1.82, 2.24) is 0 Å². The van der Waals surface area contributed by atoms with E-state index in [2.05, 4.69) is 6.58 Å². The van der Waals surface area contributed by atoms with Gasteiger partial charge >= 0.3 is 5.97 Å². The molecule has 0 bridgehead atoms. The Morgan fingerprint density at radius 1 is 1.31 bits per heavy atom. The highest BCUT2D eigenvalue weighted by atomic mass is 16.5. The van der Waals surface area contributed by atoms with Crippen LogP contribution in [-0.4, -0.2) is 12.6 Å². The van der Waals surface area contributed by atoms with Gasteiger partial charge < -0.3 is 4.74 Å². The van der Waals surface area contributed by atoms with E-state index in [-0.39, 0.29) is 11.4 Å². The van der Waals surface area contributed by atoms with E-state index in [1.54, 1.807) is 0 Å². The molecule has 1 aliphatic heterocycles. The standard InChI is InChI=1S/C11H16O2/c1-9-4-2-3-5-11(9)6-7-13-10(12)8-11/h1-8H2. The van der Waals surface area contributed by atoms with Gasteiger partial charge in [0.2, 0.25) is 0 Å². The van der Waals surface area contributed by atoms with Crippen molar-refractivity contribution < 1.29 is 9.53 Å². The van der Waals surface area contributed by atoms with Gasteiger partial charge in [0.25, 0.3) is 0 Å². The van der Waals surface area contributed by atoms with Crippen LogP contribution < -0.4 is 0 Å². The Morgan fingerprint density at radius 2 is 2.15 bits per heavy atom. The summed E-state index contributed by atoms with van der Waals surface area (Å²) in [7, 11) is 0. The van der Waals surface area contributed by atoms with Crippen LogP contribution in [-0.2, 0) is 9.53 Å². The molecule has 0 radical (unpaired) electrons. The predicted molar refractivity (Wildman–Crippen MR) is 50.2 cm³/mol. The van der Waals surface area contributed by atoms with Crippen LogP contribution in [0.25, 0.3) is 0 Å². The number of hydrogen-bond donors (Lipinski definition) is 0. The summed E-state index contributed by atoms with van der Waals surface area (Å²) >= 11 is 0. The first-order valence-electron chi connectivity index (χ1n) is 5.07. The third-order valence-corrected chi connectivity index (χ3v) is 3.46. The SMILES string of the molecule is C=C1CCCCC12CCOC(=O)C2. The van der Waals surface area contributed by atoms with E-state index >= 15 is 0 Å². The van der Waals surface area contributed by atoms with E-state index in [9.17, 15) is 4.79 Å². The molecule has 72 valence electrons. The molecule has 0 aromatic carbocycles. The number of cyclic esters (lactones) is 1. The summed E-state index contributed by atoms with van der Waals surface area (Å²) in [5, 5.41) is 0. The number of rotatable bonds is 0. The lowest BCUT2D eigenvalue weighted by Gasteiger charge is -2.41.